The Morgan fingerprint density at radius 1 is 1.33 bits per heavy atom. The van der Waals surface area contributed by atoms with Crippen molar-refractivity contribution in [3.05, 3.63) is 41.0 Å². The van der Waals surface area contributed by atoms with Crippen molar-refractivity contribution in [3.8, 4) is 0 Å². The molecule has 0 aromatic heterocycles. The maximum atomic E-state index is 11.6. The summed E-state index contributed by atoms with van der Waals surface area (Å²) in [7, 11) is 0. The zero-order valence-electron chi connectivity index (χ0n) is 8.99. The van der Waals surface area contributed by atoms with Gasteiger partial charge < -0.3 is 4.74 Å². The Hall–Kier alpha value is -1.57. The Bertz CT molecular complexity index is 416. The Balaban J connectivity index is 2.14. The van der Waals surface area contributed by atoms with E-state index in [1.807, 2.05) is 44.2 Å². The average Bonchev–Trinajstić information content (AvgIpc) is 2.59. The number of hydrogen-bond acceptors (Lipinski definition) is 2. The van der Waals surface area contributed by atoms with Crippen LogP contribution in [0.1, 0.15) is 25.0 Å². The fourth-order valence-corrected chi connectivity index (χ4v) is 1.70. The number of carbonyl (C=O) groups is 1. The largest absolute Gasteiger partial charge is 0.460 e. The Labute approximate surface area is 89.6 Å². The molecule has 15 heavy (non-hydrogen) atoms. The number of benzene rings is 1. The molecule has 78 valence electrons. The first kappa shape index (κ1) is 9.97. The number of ether oxygens (including phenoxy) is 1. The maximum absolute atomic E-state index is 11.6. The zero-order valence-corrected chi connectivity index (χ0v) is 8.99. The third kappa shape index (κ3) is 2.09. The van der Waals surface area contributed by atoms with Gasteiger partial charge in [-0.05, 0) is 31.1 Å². The highest BCUT2D eigenvalue weighted by Gasteiger charge is 2.19. The third-order valence-electron chi connectivity index (χ3n) is 2.37. The van der Waals surface area contributed by atoms with Crippen molar-refractivity contribution >= 4 is 12.0 Å². The number of fused-ring (bicyclic) bond motifs is 1. The lowest BCUT2D eigenvalue weighted by molar-refractivity contribution is -0.142. The van der Waals surface area contributed by atoms with Crippen LogP contribution in [-0.4, -0.2) is 12.1 Å². The van der Waals surface area contributed by atoms with Crippen molar-refractivity contribution in [2.75, 3.05) is 0 Å². The zero-order chi connectivity index (χ0) is 10.8. The maximum Gasteiger partial charge on any atom is 0.334 e. The molecule has 0 amide bonds. The second kappa shape index (κ2) is 3.89. The van der Waals surface area contributed by atoms with Gasteiger partial charge in [0, 0.05) is 12.0 Å². The minimum Gasteiger partial charge on any atom is -0.460 e. The van der Waals surface area contributed by atoms with Crippen molar-refractivity contribution < 1.29 is 9.53 Å². The van der Waals surface area contributed by atoms with Gasteiger partial charge in [-0.1, -0.05) is 24.3 Å². The van der Waals surface area contributed by atoms with E-state index in [1.54, 1.807) is 0 Å². The normalized spacial score (nSPS) is 13.7. The second-order valence-electron chi connectivity index (χ2n) is 4.00. The van der Waals surface area contributed by atoms with Crippen molar-refractivity contribution in [1.82, 2.24) is 0 Å². The molecule has 0 radical (unpaired) electrons. The van der Waals surface area contributed by atoms with Crippen LogP contribution < -0.4 is 0 Å². The average molecular weight is 202 g/mol. The highest BCUT2D eigenvalue weighted by atomic mass is 16.5. The fraction of sp³-hybridized carbons (Fsp3) is 0.308. The van der Waals surface area contributed by atoms with Crippen LogP contribution in [0.2, 0.25) is 0 Å². The topological polar surface area (TPSA) is 26.3 Å². The molecule has 0 heterocycles. The molecule has 2 heteroatoms. The van der Waals surface area contributed by atoms with E-state index < -0.39 is 0 Å². The van der Waals surface area contributed by atoms with Crippen molar-refractivity contribution in [3.63, 3.8) is 0 Å². The molecule has 1 aromatic carbocycles. The molecule has 0 bridgehead atoms. The molecule has 2 nitrogen and oxygen atoms in total. The molecule has 1 aliphatic rings. The minimum atomic E-state index is -0.193. The van der Waals surface area contributed by atoms with Gasteiger partial charge in [-0.2, -0.15) is 0 Å². The van der Waals surface area contributed by atoms with E-state index in [1.165, 1.54) is 5.56 Å². The lowest BCUT2D eigenvalue weighted by Gasteiger charge is -2.07. The smallest absolute Gasteiger partial charge is 0.334 e. The predicted molar refractivity (Wildman–Crippen MR) is 59.4 cm³/mol. The van der Waals surface area contributed by atoms with E-state index in [0.717, 1.165) is 11.1 Å². The molecule has 2 rings (SSSR count). The summed E-state index contributed by atoms with van der Waals surface area (Å²) in [6, 6.07) is 8.03. The number of esters is 1. The third-order valence-corrected chi connectivity index (χ3v) is 2.37. The standard InChI is InChI=1S/C13H14O2/c1-9(2)15-13(14)12-7-10-5-3-4-6-11(10)8-12/h3-7,9H,8H2,1-2H3. The quantitative estimate of drug-likeness (QED) is 0.689. The SMILES string of the molecule is CC(C)OC(=O)C1=Cc2ccccc2C1. The molecule has 0 saturated heterocycles. The first-order valence-corrected chi connectivity index (χ1v) is 5.16. The van der Waals surface area contributed by atoms with Gasteiger partial charge in [0.25, 0.3) is 0 Å². The summed E-state index contributed by atoms with van der Waals surface area (Å²) in [5.74, 6) is -0.193. The first-order valence-electron chi connectivity index (χ1n) is 5.16. The lowest BCUT2D eigenvalue weighted by Crippen LogP contribution is -2.13. The molecule has 0 spiro atoms. The van der Waals surface area contributed by atoms with Gasteiger partial charge in [0.15, 0.2) is 0 Å². The minimum absolute atomic E-state index is 0.0536. The summed E-state index contributed by atoms with van der Waals surface area (Å²) in [5, 5.41) is 0. The molecule has 0 atom stereocenters. The Morgan fingerprint density at radius 3 is 2.73 bits per heavy atom. The van der Waals surface area contributed by atoms with Gasteiger partial charge in [-0.15, -0.1) is 0 Å². The summed E-state index contributed by atoms with van der Waals surface area (Å²) in [5.41, 5.74) is 3.09. The van der Waals surface area contributed by atoms with E-state index in [2.05, 4.69) is 0 Å². The summed E-state index contributed by atoms with van der Waals surface area (Å²) in [6.45, 7) is 3.72. The summed E-state index contributed by atoms with van der Waals surface area (Å²) < 4.78 is 5.16. The van der Waals surface area contributed by atoms with Crippen LogP contribution in [0.4, 0.5) is 0 Å². The molecule has 0 saturated carbocycles. The van der Waals surface area contributed by atoms with Gasteiger partial charge in [-0.3, -0.25) is 0 Å². The highest BCUT2D eigenvalue weighted by molar-refractivity contribution is 5.96. The van der Waals surface area contributed by atoms with Crippen LogP contribution >= 0.6 is 0 Å². The van der Waals surface area contributed by atoms with Crippen LogP contribution in [0.15, 0.2) is 29.8 Å². The number of carbonyl (C=O) groups excluding carboxylic acids is 1. The van der Waals surface area contributed by atoms with Crippen molar-refractivity contribution in [2.45, 2.75) is 26.4 Å². The first-order chi connectivity index (χ1) is 7.16. The molecular formula is C13H14O2. The van der Waals surface area contributed by atoms with Crippen LogP contribution in [0.25, 0.3) is 6.08 Å². The Kier molecular flexibility index (Phi) is 2.58. The molecular weight excluding hydrogens is 188 g/mol. The summed E-state index contributed by atoms with van der Waals surface area (Å²) in [6.07, 6.45) is 2.56. The second-order valence-corrected chi connectivity index (χ2v) is 4.00. The predicted octanol–water partition coefficient (Wildman–Crippen LogP) is 2.58. The fourth-order valence-electron chi connectivity index (χ4n) is 1.70. The highest BCUT2D eigenvalue weighted by Crippen LogP contribution is 2.25. The summed E-state index contributed by atoms with van der Waals surface area (Å²) >= 11 is 0. The lowest BCUT2D eigenvalue weighted by atomic mass is 10.1. The van der Waals surface area contributed by atoms with Gasteiger partial charge in [0.05, 0.1) is 6.10 Å². The van der Waals surface area contributed by atoms with E-state index in [4.69, 9.17) is 4.74 Å². The van der Waals surface area contributed by atoms with Gasteiger partial charge in [0.1, 0.15) is 0 Å². The van der Waals surface area contributed by atoms with E-state index in [0.29, 0.717) is 6.42 Å². The van der Waals surface area contributed by atoms with Gasteiger partial charge in [-0.25, -0.2) is 4.79 Å². The molecule has 0 aliphatic heterocycles. The molecule has 1 aliphatic carbocycles. The van der Waals surface area contributed by atoms with E-state index >= 15 is 0 Å². The van der Waals surface area contributed by atoms with Crippen LogP contribution in [0.5, 0.6) is 0 Å². The van der Waals surface area contributed by atoms with Gasteiger partial charge in [0.2, 0.25) is 0 Å². The molecule has 0 fully saturated rings. The molecule has 0 unspecified atom stereocenters. The van der Waals surface area contributed by atoms with Crippen molar-refractivity contribution in [2.24, 2.45) is 0 Å². The molecule has 1 aromatic rings. The van der Waals surface area contributed by atoms with Crippen molar-refractivity contribution in [1.29, 1.82) is 0 Å². The summed E-state index contributed by atoms with van der Waals surface area (Å²) in [4.78, 5) is 11.6. The number of rotatable bonds is 2. The van der Waals surface area contributed by atoms with Gasteiger partial charge >= 0.3 is 5.97 Å². The Morgan fingerprint density at radius 2 is 2.07 bits per heavy atom. The van der Waals surface area contributed by atoms with Crippen LogP contribution in [0.3, 0.4) is 0 Å². The number of hydrogen-bond donors (Lipinski definition) is 0. The molecule has 0 N–H and O–H groups in total. The van der Waals surface area contributed by atoms with Crippen LogP contribution in [0, 0.1) is 0 Å². The van der Waals surface area contributed by atoms with E-state index in [9.17, 15) is 4.79 Å². The van der Waals surface area contributed by atoms with Crippen LogP contribution in [-0.2, 0) is 16.0 Å². The monoisotopic (exact) mass is 202 g/mol. The van der Waals surface area contributed by atoms with E-state index in [-0.39, 0.29) is 12.1 Å².